The van der Waals surface area contributed by atoms with Crippen LogP contribution in [0.4, 0.5) is 0 Å². The molecular formula is C11H12N2O. The average molecular weight is 188 g/mol. The summed E-state index contributed by atoms with van der Waals surface area (Å²) in [6.45, 7) is 0. The van der Waals surface area contributed by atoms with E-state index < -0.39 is 0 Å². The van der Waals surface area contributed by atoms with E-state index in [4.69, 9.17) is 0 Å². The Kier molecular flexibility index (Phi) is 2.33. The molecular weight excluding hydrogens is 176 g/mol. The Morgan fingerprint density at radius 3 is 3.00 bits per heavy atom. The highest BCUT2D eigenvalue weighted by Crippen LogP contribution is 2.13. The second-order valence-corrected chi connectivity index (χ2v) is 3.20. The summed E-state index contributed by atoms with van der Waals surface area (Å²) in [7, 11) is 1.78. The van der Waals surface area contributed by atoms with Crippen molar-refractivity contribution in [2.45, 2.75) is 6.04 Å². The summed E-state index contributed by atoms with van der Waals surface area (Å²) in [5, 5.41) is 2.95. The molecule has 72 valence electrons. The molecule has 0 unspecified atom stereocenters. The molecule has 0 saturated carbocycles. The molecule has 3 heteroatoms. The van der Waals surface area contributed by atoms with Crippen LogP contribution in [0.5, 0.6) is 0 Å². The molecule has 0 spiro atoms. The number of hydrogen-bond acceptors (Lipinski definition) is 2. The molecule has 0 aliphatic rings. The number of likely N-dealkylation sites (N-methyl/N-ethyl adjacent to an activating group) is 1. The highest BCUT2D eigenvalue weighted by molar-refractivity contribution is 5.63. The van der Waals surface area contributed by atoms with Gasteiger partial charge in [0.05, 0.1) is 6.04 Å². The van der Waals surface area contributed by atoms with Crippen molar-refractivity contribution in [2.75, 3.05) is 7.05 Å². The summed E-state index contributed by atoms with van der Waals surface area (Å²) in [4.78, 5) is 10.7. The number of hydrogen-bond donors (Lipinski definition) is 1. The maximum Gasteiger partial charge on any atom is 0.141 e. The van der Waals surface area contributed by atoms with E-state index in [1.807, 2.05) is 41.1 Å². The second kappa shape index (κ2) is 3.64. The lowest BCUT2D eigenvalue weighted by Gasteiger charge is -2.09. The lowest BCUT2D eigenvalue weighted by atomic mass is 10.1. The van der Waals surface area contributed by atoms with Crippen molar-refractivity contribution < 1.29 is 4.79 Å². The van der Waals surface area contributed by atoms with E-state index >= 15 is 0 Å². The Hall–Kier alpha value is -1.61. The van der Waals surface area contributed by atoms with Crippen LogP contribution in [0.25, 0.3) is 5.52 Å². The maximum atomic E-state index is 10.7. The topological polar surface area (TPSA) is 33.5 Å². The van der Waals surface area contributed by atoms with E-state index in [-0.39, 0.29) is 6.04 Å². The van der Waals surface area contributed by atoms with Crippen molar-refractivity contribution in [3.05, 3.63) is 42.2 Å². The number of pyridine rings is 1. The van der Waals surface area contributed by atoms with Crippen LogP contribution in [0.1, 0.15) is 11.6 Å². The van der Waals surface area contributed by atoms with Crippen molar-refractivity contribution in [3.8, 4) is 0 Å². The predicted octanol–water partition coefficient (Wildman–Crippen LogP) is 1.40. The first-order valence-corrected chi connectivity index (χ1v) is 4.54. The summed E-state index contributed by atoms with van der Waals surface area (Å²) >= 11 is 0. The molecule has 0 aromatic carbocycles. The van der Waals surface area contributed by atoms with Gasteiger partial charge in [0.2, 0.25) is 0 Å². The van der Waals surface area contributed by atoms with E-state index in [1.165, 1.54) is 0 Å². The van der Waals surface area contributed by atoms with Gasteiger partial charge in [-0.1, -0.05) is 0 Å². The molecule has 0 amide bonds. The first-order chi connectivity index (χ1) is 6.85. The van der Waals surface area contributed by atoms with Crippen LogP contribution in [-0.4, -0.2) is 17.7 Å². The number of carbonyl (C=O) groups is 1. The summed E-state index contributed by atoms with van der Waals surface area (Å²) in [5.41, 5.74) is 2.10. The van der Waals surface area contributed by atoms with E-state index in [2.05, 4.69) is 5.32 Å². The standard InChI is InChI=1S/C11H12N2O/c1-12-11(8-14)9-4-6-13-5-2-3-10(13)7-9/h2-8,11-12H,1H3/t11-/m1/s1. The highest BCUT2D eigenvalue weighted by Gasteiger charge is 2.07. The number of aromatic nitrogens is 1. The normalized spacial score (nSPS) is 12.9. The molecule has 0 aliphatic heterocycles. The van der Waals surface area contributed by atoms with Gasteiger partial charge in [-0.3, -0.25) is 0 Å². The molecule has 2 aromatic rings. The van der Waals surface area contributed by atoms with E-state index in [9.17, 15) is 4.79 Å². The average Bonchev–Trinajstić information content (AvgIpc) is 2.66. The Balaban J connectivity index is 2.47. The van der Waals surface area contributed by atoms with Crippen molar-refractivity contribution in [1.82, 2.24) is 9.72 Å². The first kappa shape index (κ1) is 8.97. The third-order valence-electron chi connectivity index (χ3n) is 2.36. The molecule has 1 atom stereocenters. The van der Waals surface area contributed by atoms with Crippen LogP contribution in [0.15, 0.2) is 36.7 Å². The van der Waals surface area contributed by atoms with Gasteiger partial charge in [0.25, 0.3) is 0 Å². The van der Waals surface area contributed by atoms with Crippen LogP contribution >= 0.6 is 0 Å². The third-order valence-corrected chi connectivity index (χ3v) is 2.36. The minimum Gasteiger partial charge on any atom is -0.324 e. The number of fused-ring (bicyclic) bond motifs is 1. The second-order valence-electron chi connectivity index (χ2n) is 3.20. The smallest absolute Gasteiger partial charge is 0.141 e. The summed E-state index contributed by atoms with van der Waals surface area (Å²) < 4.78 is 2.01. The van der Waals surface area contributed by atoms with Crippen LogP contribution in [-0.2, 0) is 4.79 Å². The molecule has 0 bridgehead atoms. The zero-order valence-electron chi connectivity index (χ0n) is 7.97. The van der Waals surface area contributed by atoms with Gasteiger partial charge in [0.15, 0.2) is 0 Å². The van der Waals surface area contributed by atoms with Gasteiger partial charge in [-0.15, -0.1) is 0 Å². The van der Waals surface area contributed by atoms with Crippen LogP contribution in [0.2, 0.25) is 0 Å². The number of rotatable bonds is 3. The van der Waals surface area contributed by atoms with Gasteiger partial charge >= 0.3 is 0 Å². The molecule has 0 aliphatic carbocycles. The lowest BCUT2D eigenvalue weighted by molar-refractivity contribution is -0.109. The van der Waals surface area contributed by atoms with Crippen molar-refractivity contribution >= 4 is 11.8 Å². The fourth-order valence-corrected chi connectivity index (χ4v) is 1.56. The SMILES string of the molecule is CN[C@H](C=O)c1ccn2cccc2c1. The summed E-state index contributed by atoms with van der Waals surface area (Å²) in [5.74, 6) is 0. The van der Waals surface area contributed by atoms with Crippen LogP contribution in [0.3, 0.4) is 0 Å². The number of aldehydes is 1. The minimum atomic E-state index is -0.213. The third kappa shape index (κ3) is 1.42. The van der Waals surface area contributed by atoms with Gasteiger partial charge < -0.3 is 14.5 Å². The zero-order valence-corrected chi connectivity index (χ0v) is 7.97. The number of nitrogens with zero attached hydrogens (tertiary/aromatic N) is 1. The molecule has 1 N–H and O–H groups in total. The Labute approximate surface area is 82.4 Å². The van der Waals surface area contributed by atoms with E-state index in [0.29, 0.717) is 0 Å². The maximum absolute atomic E-state index is 10.7. The van der Waals surface area contributed by atoms with Gasteiger partial charge in [0, 0.05) is 17.9 Å². The molecule has 14 heavy (non-hydrogen) atoms. The van der Waals surface area contributed by atoms with Gasteiger partial charge in [0.1, 0.15) is 6.29 Å². The fraction of sp³-hybridized carbons (Fsp3) is 0.182. The zero-order chi connectivity index (χ0) is 9.97. The Morgan fingerprint density at radius 1 is 1.43 bits per heavy atom. The van der Waals surface area contributed by atoms with Crippen molar-refractivity contribution in [3.63, 3.8) is 0 Å². The quantitative estimate of drug-likeness (QED) is 0.739. The predicted molar refractivity (Wildman–Crippen MR) is 55.3 cm³/mol. The van der Waals surface area contributed by atoms with Gasteiger partial charge in [-0.05, 0) is 36.9 Å². The molecule has 0 saturated heterocycles. The largest absolute Gasteiger partial charge is 0.324 e. The van der Waals surface area contributed by atoms with E-state index in [0.717, 1.165) is 17.4 Å². The summed E-state index contributed by atoms with van der Waals surface area (Å²) in [6, 6.07) is 7.74. The van der Waals surface area contributed by atoms with Crippen molar-refractivity contribution in [2.24, 2.45) is 0 Å². The monoisotopic (exact) mass is 188 g/mol. The summed E-state index contributed by atoms with van der Waals surface area (Å²) in [6.07, 6.45) is 4.85. The Bertz CT molecular complexity index is 447. The van der Waals surface area contributed by atoms with Crippen LogP contribution < -0.4 is 5.32 Å². The number of nitrogens with one attached hydrogen (secondary N) is 1. The molecule has 0 fully saturated rings. The first-order valence-electron chi connectivity index (χ1n) is 4.54. The fourth-order valence-electron chi connectivity index (χ4n) is 1.56. The lowest BCUT2D eigenvalue weighted by Crippen LogP contribution is -2.17. The minimum absolute atomic E-state index is 0.213. The molecule has 3 nitrogen and oxygen atoms in total. The molecule has 2 heterocycles. The molecule has 0 radical (unpaired) electrons. The highest BCUT2D eigenvalue weighted by atomic mass is 16.1. The van der Waals surface area contributed by atoms with Crippen LogP contribution in [0, 0.1) is 0 Å². The Morgan fingerprint density at radius 2 is 2.29 bits per heavy atom. The van der Waals surface area contributed by atoms with Crippen molar-refractivity contribution in [1.29, 1.82) is 0 Å². The van der Waals surface area contributed by atoms with Gasteiger partial charge in [-0.25, -0.2) is 0 Å². The number of carbonyl (C=O) groups excluding carboxylic acids is 1. The molecule has 2 rings (SSSR count). The van der Waals surface area contributed by atoms with E-state index in [1.54, 1.807) is 7.05 Å². The van der Waals surface area contributed by atoms with Gasteiger partial charge in [-0.2, -0.15) is 0 Å². The molecule has 2 aromatic heterocycles.